The van der Waals surface area contributed by atoms with E-state index in [2.05, 4.69) is 15.8 Å². The summed E-state index contributed by atoms with van der Waals surface area (Å²) in [6.07, 6.45) is 1.44. The van der Waals surface area contributed by atoms with Crippen molar-refractivity contribution in [3.63, 3.8) is 0 Å². The van der Waals surface area contributed by atoms with E-state index in [-0.39, 0.29) is 6.04 Å². The first-order valence-electron chi connectivity index (χ1n) is 5.49. The topological polar surface area (TPSA) is 67.2 Å². The van der Waals surface area contributed by atoms with Crippen LogP contribution in [0.1, 0.15) is 18.7 Å². The zero-order chi connectivity index (χ0) is 13.8. The normalized spacial score (nSPS) is 11.9. The van der Waals surface area contributed by atoms with Crippen LogP contribution in [0.4, 0.5) is 10.5 Å². The van der Waals surface area contributed by atoms with Crippen molar-refractivity contribution < 1.29 is 9.32 Å². The molecule has 7 heteroatoms. The van der Waals surface area contributed by atoms with Gasteiger partial charge in [-0.2, -0.15) is 0 Å². The molecule has 0 aliphatic heterocycles. The van der Waals surface area contributed by atoms with Crippen LogP contribution in [0.5, 0.6) is 0 Å². The molecule has 2 aromatic rings. The van der Waals surface area contributed by atoms with Gasteiger partial charge < -0.3 is 15.2 Å². The molecule has 2 amide bonds. The van der Waals surface area contributed by atoms with E-state index in [1.54, 1.807) is 31.2 Å². The van der Waals surface area contributed by atoms with Crippen LogP contribution in [0, 0.1) is 0 Å². The lowest BCUT2D eigenvalue weighted by atomic mass is 10.2. The number of urea groups is 1. The van der Waals surface area contributed by atoms with Crippen LogP contribution >= 0.6 is 23.2 Å². The van der Waals surface area contributed by atoms with Gasteiger partial charge in [0.2, 0.25) is 0 Å². The fourth-order valence-electron chi connectivity index (χ4n) is 1.47. The molecule has 0 aliphatic carbocycles. The molecule has 1 atom stereocenters. The van der Waals surface area contributed by atoms with E-state index in [1.807, 2.05) is 0 Å². The second-order valence-electron chi connectivity index (χ2n) is 3.87. The number of amides is 2. The third-order valence-electron chi connectivity index (χ3n) is 2.43. The minimum Gasteiger partial charge on any atom is -0.364 e. The predicted octanol–water partition coefficient (Wildman–Crippen LogP) is 3.86. The van der Waals surface area contributed by atoms with Gasteiger partial charge in [-0.25, -0.2) is 4.79 Å². The Labute approximate surface area is 119 Å². The molecule has 2 N–H and O–H groups in total. The molecular weight excluding hydrogens is 289 g/mol. The first-order chi connectivity index (χ1) is 9.06. The average molecular weight is 300 g/mol. The lowest BCUT2D eigenvalue weighted by Crippen LogP contribution is -2.31. The molecular formula is C12H11Cl2N3O2. The van der Waals surface area contributed by atoms with E-state index in [1.165, 1.54) is 6.26 Å². The molecule has 0 saturated carbocycles. The lowest BCUT2D eigenvalue weighted by molar-refractivity contribution is 0.249. The number of carbonyl (C=O) groups excluding carboxylic acids is 1. The number of rotatable bonds is 3. The number of anilines is 1. The van der Waals surface area contributed by atoms with E-state index in [4.69, 9.17) is 27.7 Å². The highest BCUT2D eigenvalue weighted by Crippen LogP contribution is 2.25. The van der Waals surface area contributed by atoms with Crippen LogP contribution in [0.25, 0.3) is 0 Å². The maximum atomic E-state index is 11.8. The number of nitrogens with zero attached hydrogens (tertiary/aromatic N) is 1. The molecule has 1 heterocycles. The van der Waals surface area contributed by atoms with Crippen molar-refractivity contribution in [2.24, 2.45) is 0 Å². The number of halogens is 2. The molecule has 0 radical (unpaired) electrons. The summed E-state index contributed by atoms with van der Waals surface area (Å²) < 4.78 is 4.71. The quantitative estimate of drug-likeness (QED) is 0.904. The Kier molecular flexibility index (Phi) is 4.29. The molecule has 19 heavy (non-hydrogen) atoms. The lowest BCUT2D eigenvalue weighted by Gasteiger charge is -2.13. The van der Waals surface area contributed by atoms with Gasteiger partial charge in [-0.05, 0) is 25.1 Å². The Balaban J connectivity index is 1.99. The van der Waals surface area contributed by atoms with E-state index in [0.29, 0.717) is 21.4 Å². The fourth-order valence-corrected chi connectivity index (χ4v) is 1.80. The molecule has 100 valence electrons. The van der Waals surface area contributed by atoms with Crippen molar-refractivity contribution in [2.45, 2.75) is 13.0 Å². The molecule has 1 aromatic heterocycles. The molecule has 0 bridgehead atoms. The number of benzene rings is 1. The molecule has 0 fully saturated rings. The monoisotopic (exact) mass is 299 g/mol. The second kappa shape index (κ2) is 5.95. The number of hydrogen-bond donors (Lipinski definition) is 2. The smallest absolute Gasteiger partial charge is 0.319 e. The Hall–Kier alpha value is -1.72. The standard InChI is InChI=1S/C12H11Cl2N3O2/c1-7(10-4-5-19-17-10)15-12(18)16-11-6-8(13)2-3-9(11)14/h2-7H,1H3,(H2,15,16,18). The fraction of sp³-hybridized carbons (Fsp3) is 0.167. The summed E-state index contributed by atoms with van der Waals surface area (Å²) in [5.41, 5.74) is 1.08. The third kappa shape index (κ3) is 3.62. The predicted molar refractivity (Wildman–Crippen MR) is 73.5 cm³/mol. The van der Waals surface area contributed by atoms with Gasteiger partial charge in [0.1, 0.15) is 12.0 Å². The third-order valence-corrected chi connectivity index (χ3v) is 2.99. The van der Waals surface area contributed by atoms with Gasteiger partial charge in [0.15, 0.2) is 0 Å². The Morgan fingerprint density at radius 3 is 2.84 bits per heavy atom. The van der Waals surface area contributed by atoms with Crippen molar-refractivity contribution in [2.75, 3.05) is 5.32 Å². The average Bonchev–Trinajstić information content (AvgIpc) is 2.87. The zero-order valence-electron chi connectivity index (χ0n) is 9.98. The first-order valence-corrected chi connectivity index (χ1v) is 6.24. The minimum atomic E-state index is -0.403. The number of hydrogen-bond acceptors (Lipinski definition) is 3. The van der Waals surface area contributed by atoms with Crippen LogP contribution < -0.4 is 10.6 Å². The van der Waals surface area contributed by atoms with Crippen LogP contribution in [0.2, 0.25) is 10.0 Å². The van der Waals surface area contributed by atoms with E-state index >= 15 is 0 Å². The van der Waals surface area contributed by atoms with Crippen LogP contribution in [0.15, 0.2) is 35.1 Å². The van der Waals surface area contributed by atoms with Gasteiger partial charge in [0, 0.05) is 11.1 Å². The van der Waals surface area contributed by atoms with Crippen molar-refractivity contribution in [3.05, 3.63) is 46.3 Å². The Bertz CT molecular complexity index is 572. The molecule has 0 aliphatic rings. The summed E-state index contributed by atoms with van der Waals surface area (Å²) in [5.74, 6) is 0. The summed E-state index contributed by atoms with van der Waals surface area (Å²) in [4.78, 5) is 11.8. The molecule has 2 rings (SSSR count). The summed E-state index contributed by atoms with van der Waals surface area (Å²) in [6, 6.07) is 5.82. The van der Waals surface area contributed by atoms with Gasteiger partial charge in [-0.15, -0.1) is 0 Å². The van der Waals surface area contributed by atoms with E-state index < -0.39 is 6.03 Å². The largest absolute Gasteiger partial charge is 0.364 e. The first kappa shape index (κ1) is 13.7. The summed E-state index contributed by atoms with van der Waals surface area (Å²) in [7, 11) is 0. The summed E-state index contributed by atoms with van der Waals surface area (Å²) >= 11 is 11.8. The Morgan fingerprint density at radius 2 is 2.16 bits per heavy atom. The highest BCUT2D eigenvalue weighted by atomic mass is 35.5. The van der Waals surface area contributed by atoms with Gasteiger partial charge >= 0.3 is 6.03 Å². The molecule has 5 nitrogen and oxygen atoms in total. The number of aromatic nitrogens is 1. The zero-order valence-corrected chi connectivity index (χ0v) is 11.5. The maximum absolute atomic E-state index is 11.8. The maximum Gasteiger partial charge on any atom is 0.319 e. The van der Waals surface area contributed by atoms with Crippen LogP contribution in [-0.4, -0.2) is 11.2 Å². The summed E-state index contributed by atoms with van der Waals surface area (Å²) in [6.45, 7) is 1.79. The van der Waals surface area contributed by atoms with Gasteiger partial charge in [0.05, 0.1) is 16.8 Å². The van der Waals surface area contributed by atoms with Gasteiger partial charge in [-0.3, -0.25) is 0 Å². The van der Waals surface area contributed by atoms with Gasteiger partial charge in [-0.1, -0.05) is 28.4 Å². The van der Waals surface area contributed by atoms with Crippen molar-refractivity contribution in [1.29, 1.82) is 0 Å². The van der Waals surface area contributed by atoms with Crippen molar-refractivity contribution in [1.82, 2.24) is 10.5 Å². The summed E-state index contributed by atoms with van der Waals surface area (Å²) in [5, 5.41) is 9.97. The van der Waals surface area contributed by atoms with E-state index in [9.17, 15) is 4.79 Å². The highest BCUT2D eigenvalue weighted by molar-refractivity contribution is 6.35. The highest BCUT2D eigenvalue weighted by Gasteiger charge is 2.13. The molecule has 1 unspecified atom stereocenters. The van der Waals surface area contributed by atoms with Gasteiger partial charge in [0.25, 0.3) is 0 Å². The number of nitrogens with one attached hydrogen (secondary N) is 2. The van der Waals surface area contributed by atoms with Crippen LogP contribution in [-0.2, 0) is 0 Å². The Morgan fingerprint density at radius 1 is 1.37 bits per heavy atom. The minimum absolute atomic E-state index is 0.281. The van der Waals surface area contributed by atoms with Crippen molar-refractivity contribution in [3.8, 4) is 0 Å². The second-order valence-corrected chi connectivity index (χ2v) is 4.71. The number of carbonyl (C=O) groups is 1. The van der Waals surface area contributed by atoms with Crippen LogP contribution in [0.3, 0.4) is 0 Å². The molecule has 0 spiro atoms. The van der Waals surface area contributed by atoms with Crippen molar-refractivity contribution >= 4 is 34.9 Å². The molecule has 1 aromatic carbocycles. The SMILES string of the molecule is CC(NC(=O)Nc1cc(Cl)ccc1Cl)c1ccon1. The molecule has 0 saturated heterocycles. The van der Waals surface area contributed by atoms with E-state index in [0.717, 1.165) is 0 Å².